The van der Waals surface area contributed by atoms with Crippen LogP contribution in [0.4, 0.5) is 5.69 Å². The number of aliphatic carboxylic acids is 2. The van der Waals surface area contributed by atoms with Gasteiger partial charge in [-0.15, -0.1) is 0 Å². The lowest BCUT2D eigenvalue weighted by molar-refractivity contribution is -0.134. The molecule has 0 saturated carbocycles. The van der Waals surface area contributed by atoms with Crippen LogP contribution in [0.15, 0.2) is 60.7 Å². The van der Waals surface area contributed by atoms with E-state index in [1.165, 1.54) is 0 Å². The van der Waals surface area contributed by atoms with E-state index >= 15 is 0 Å². The smallest absolute Gasteiger partial charge is 0.328 e. The number of hydrogen-bond acceptors (Lipinski definition) is 5. The van der Waals surface area contributed by atoms with Crippen LogP contribution < -0.4 is 10.6 Å². The number of carboxylic acid groups (broad SMARTS) is 2. The van der Waals surface area contributed by atoms with Crippen molar-refractivity contribution in [3.8, 4) is 0 Å². The van der Waals surface area contributed by atoms with E-state index in [0.29, 0.717) is 23.7 Å². The van der Waals surface area contributed by atoms with Gasteiger partial charge in [-0.25, -0.2) is 9.59 Å². The van der Waals surface area contributed by atoms with Crippen LogP contribution in [0.25, 0.3) is 0 Å². The third-order valence-corrected chi connectivity index (χ3v) is 5.12. The molecule has 0 fully saturated rings. The first kappa shape index (κ1) is 28.7. The van der Waals surface area contributed by atoms with Crippen LogP contribution in [0.3, 0.4) is 0 Å². The first-order valence-corrected chi connectivity index (χ1v) is 11.3. The van der Waals surface area contributed by atoms with E-state index in [1.54, 1.807) is 0 Å². The average Bonchev–Trinajstić information content (AvgIpc) is 2.82. The molecule has 34 heavy (non-hydrogen) atoms. The molecule has 9 heteroatoms. The first-order valence-electron chi connectivity index (χ1n) is 10.9. The Balaban J connectivity index is 0.000000620. The summed E-state index contributed by atoms with van der Waals surface area (Å²) in [5, 5.41) is 22.7. The zero-order valence-corrected chi connectivity index (χ0v) is 20.4. The van der Waals surface area contributed by atoms with E-state index in [0.717, 1.165) is 36.4 Å². The highest BCUT2D eigenvalue weighted by Gasteiger charge is 2.21. The monoisotopic (exact) mass is 489 g/mol. The van der Waals surface area contributed by atoms with Crippen LogP contribution in [0, 0.1) is 6.92 Å². The minimum atomic E-state index is -1.26. The van der Waals surface area contributed by atoms with Gasteiger partial charge in [-0.05, 0) is 43.3 Å². The number of nitrogens with one attached hydrogen (secondary N) is 2. The average molecular weight is 490 g/mol. The molecule has 1 atom stereocenters. The van der Waals surface area contributed by atoms with Gasteiger partial charge >= 0.3 is 11.9 Å². The fourth-order valence-electron chi connectivity index (χ4n) is 2.97. The molecule has 1 unspecified atom stereocenters. The molecule has 0 bridgehead atoms. The minimum Gasteiger partial charge on any atom is -0.478 e. The highest BCUT2D eigenvalue weighted by molar-refractivity contribution is 6.30. The molecule has 0 saturated heterocycles. The molecule has 0 heterocycles. The Labute approximate surface area is 205 Å². The van der Waals surface area contributed by atoms with Gasteiger partial charge in [0.2, 0.25) is 5.91 Å². The van der Waals surface area contributed by atoms with E-state index in [2.05, 4.69) is 29.4 Å². The number of likely N-dealkylation sites (N-methyl/N-ethyl adjacent to an activating group) is 1. The molecule has 184 valence electrons. The Hall–Kier alpha value is -3.36. The molecule has 0 aliphatic heterocycles. The summed E-state index contributed by atoms with van der Waals surface area (Å²) in [6, 6.07) is 14.9. The van der Waals surface area contributed by atoms with Crippen molar-refractivity contribution in [3.63, 3.8) is 0 Å². The number of nitrogens with zero attached hydrogens (tertiary/aromatic N) is 1. The number of anilines is 1. The van der Waals surface area contributed by atoms with Gasteiger partial charge in [-0.1, -0.05) is 61.8 Å². The zero-order valence-electron chi connectivity index (χ0n) is 19.6. The standard InChI is InChI=1S/C21H28ClN3O.C4H4O4/c1-4-25(5-2)14-13-23-21(26)20(17-9-7-6-8-10-17)24-19-15-18(22)12-11-16(19)3;5-3(6)1-2-4(7)8/h6-12,15,20,24H,4-5,13-14H2,1-3H3,(H,23,26);1-2H,(H,5,6)(H,7,8)/b;2-1-. The molecular formula is C25H32ClN3O5. The van der Waals surface area contributed by atoms with Crippen LogP contribution in [0.2, 0.25) is 5.02 Å². The number of amides is 1. The molecule has 0 aliphatic carbocycles. The van der Waals surface area contributed by atoms with Gasteiger partial charge in [0.15, 0.2) is 0 Å². The number of rotatable bonds is 11. The van der Waals surface area contributed by atoms with E-state index in [-0.39, 0.29) is 5.91 Å². The van der Waals surface area contributed by atoms with Gasteiger partial charge in [-0.3, -0.25) is 4.79 Å². The van der Waals surface area contributed by atoms with Gasteiger partial charge in [0.1, 0.15) is 6.04 Å². The van der Waals surface area contributed by atoms with Gasteiger partial charge in [-0.2, -0.15) is 0 Å². The van der Waals surface area contributed by atoms with Gasteiger partial charge in [0.05, 0.1) is 0 Å². The molecule has 2 rings (SSSR count). The minimum absolute atomic E-state index is 0.0391. The van der Waals surface area contributed by atoms with Crippen LogP contribution in [-0.2, 0) is 14.4 Å². The Bertz CT molecular complexity index is 946. The van der Waals surface area contributed by atoms with Gasteiger partial charge in [0.25, 0.3) is 0 Å². The Kier molecular flexibility index (Phi) is 13.0. The molecule has 0 aromatic heterocycles. The highest BCUT2D eigenvalue weighted by atomic mass is 35.5. The molecule has 2 aromatic carbocycles. The van der Waals surface area contributed by atoms with Crippen molar-refractivity contribution in [2.45, 2.75) is 26.8 Å². The molecule has 8 nitrogen and oxygen atoms in total. The summed E-state index contributed by atoms with van der Waals surface area (Å²) < 4.78 is 0. The largest absolute Gasteiger partial charge is 0.478 e. The second kappa shape index (κ2) is 15.5. The second-order valence-electron chi connectivity index (χ2n) is 7.27. The van der Waals surface area contributed by atoms with Crippen molar-refractivity contribution in [1.29, 1.82) is 0 Å². The lowest BCUT2D eigenvalue weighted by Gasteiger charge is -2.23. The Morgan fingerprint density at radius 2 is 1.59 bits per heavy atom. The molecule has 0 spiro atoms. The van der Waals surface area contributed by atoms with Crippen molar-refractivity contribution in [1.82, 2.24) is 10.2 Å². The third kappa shape index (κ3) is 11.0. The summed E-state index contributed by atoms with van der Waals surface area (Å²) in [7, 11) is 0. The predicted octanol–water partition coefficient (Wildman–Crippen LogP) is 3.97. The van der Waals surface area contributed by atoms with E-state index in [1.807, 2.05) is 55.5 Å². The first-order chi connectivity index (χ1) is 16.2. The number of aryl methyl sites for hydroxylation is 1. The van der Waals surface area contributed by atoms with Crippen LogP contribution in [-0.4, -0.2) is 59.1 Å². The molecule has 4 N–H and O–H groups in total. The number of carboxylic acids is 2. The predicted molar refractivity (Wildman–Crippen MR) is 134 cm³/mol. The number of carbonyl (C=O) groups is 3. The van der Waals surface area contributed by atoms with Crippen molar-refractivity contribution in [2.75, 3.05) is 31.5 Å². The van der Waals surface area contributed by atoms with E-state index < -0.39 is 18.0 Å². The molecule has 1 amide bonds. The summed E-state index contributed by atoms with van der Waals surface area (Å²) in [5.41, 5.74) is 2.84. The fraction of sp³-hybridized carbons (Fsp3) is 0.320. The lowest BCUT2D eigenvalue weighted by atomic mass is 10.0. The summed E-state index contributed by atoms with van der Waals surface area (Å²) in [6.07, 6.45) is 1.12. The Morgan fingerprint density at radius 1 is 1.00 bits per heavy atom. The lowest BCUT2D eigenvalue weighted by Crippen LogP contribution is -2.39. The quantitative estimate of drug-likeness (QED) is 0.352. The van der Waals surface area contributed by atoms with Crippen molar-refractivity contribution in [3.05, 3.63) is 76.8 Å². The van der Waals surface area contributed by atoms with Crippen LogP contribution >= 0.6 is 11.6 Å². The summed E-state index contributed by atoms with van der Waals surface area (Å²) in [5.74, 6) is -2.55. The number of carbonyl (C=O) groups excluding carboxylic acids is 1. The normalized spacial score (nSPS) is 11.4. The van der Waals surface area contributed by atoms with E-state index in [4.69, 9.17) is 21.8 Å². The van der Waals surface area contributed by atoms with E-state index in [9.17, 15) is 14.4 Å². The maximum atomic E-state index is 12.9. The highest BCUT2D eigenvalue weighted by Crippen LogP contribution is 2.25. The second-order valence-corrected chi connectivity index (χ2v) is 7.71. The SMILES string of the molecule is CCN(CC)CCNC(=O)C(Nc1cc(Cl)ccc1C)c1ccccc1.O=C(O)/C=C\C(=O)O. The molecule has 0 aliphatic rings. The summed E-state index contributed by atoms with van der Waals surface area (Å²) in [4.78, 5) is 34.3. The third-order valence-electron chi connectivity index (χ3n) is 4.88. The molecule has 2 aromatic rings. The fourth-order valence-corrected chi connectivity index (χ4v) is 3.14. The van der Waals surface area contributed by atoms with Gasteiger partial charge < -0.3 is 25.7 Å². The van der Waals surface area contributed by atoms with Crippen LogP contribution in [0.1, 0.15) is 31.0 Å². The Morgan fingerprint density at radius 3 is 2.12 bits per heavy atom. The summed E-state index contributed by atoms with van der Waals surface area (Å²) >= 11 is 6.13. The molecular weight excluding hydrogens is 458 g/mol. The number of halogens is 1. The number of hydrogen-bond donors (Lipinski definition) is 4. The zero-order chi connectivity index (χ0) is 25.5. The molecule has 0 radical (unpaired) electrons. The van der Waals surface area contributed by atoms with Crippen molar-refractivity contribution in [2.24, 2.45) is 0 Å². The van der Waals surface area contributed by atoms with Crippen molar-refractivity contribution < 1.29 is 24.6 Å². The van der Waals surface area contributed by atoms with Crippen molar-refractivity contribution >= 4 is 35.1 Å². The maximum Gasteiger partial charge on any atom is 0.328 e. The van der Waals surface area contributed by atoms with Gasteiger partial charge in [0, 0.05) is 36.0 Å². The van der Waals surface area contributed by atoms with Crippen LogP contribution in [0.5, 0.6) is 0 Å². The maximum absolute atomic E-state index is 12.9. The topological polar surface area (TPSA) is 119 Å². The number of benzene rings is 2. The summed E-state index contributed by atoms with van der Waals surface area (Å²) in [6.45, 7) is 9.68.